The monoisotopic (exact) mass is 432 g/mol. The molecular formula is C27H29FN2O2. The summed E-state index contributed by atoms with van der Waals surface area (Å²) in [6, 6.07) is 21.1. The van der Waals surface area contributed by atoms with Crippen LogP contribution in [0.15, 0.2) is 72.8 Å². The molecule has 5 heteroatoms. The molecule has 3 rings (SSSR count). The van der Waals surface area contributed by atoms with Crippen LogP contribution in [0.3, 0.4) is 0 Å². The lowest BCUT2D eigenvalue weighted by Crippen LogP contribution is -2.30. The van der Waals surface area contributed by atoms with Crippen molar-refractivity contribution in [3.05, 3.63) is 101 Å². The number of halogens is 1. The van der Waals surface area contributed by atoms with Crippen LogP contribution in [0.2, 0.25) is 0 Å². The molecule has 0 N–H and O–H groups in total. The highest BCUT2D eigenvalue weighted by atomic mass is 19.1. The van der Waals surface area contributed by atoms with Crippen molar-refractivity contribution in [2.75, 3.05) is 18.5 Å². The first-order chi connectivity index (χ1) is 15.4. The number of hydrogen-bond donors (Lipinski definition) is 0. The van der Waals surface area contributed by atoms with Gasteiger partial charge in [-0.05, 0) is 54.8 Å². The third kappa shape index (κ3) is 6.03. The van der Waals surface area contributed by atoms with Crippen LogP contribution in [0, 0.1) is 12.7 Å². The Labute approximate surface area is 189 Å². The van der Waals surface area contributed by atoms with Crippen molar-refractivity contribution in [3.8, 4) is 0 Å². The summed E-state index contributed by atoms with van der Waals surface area (Å²) in [7, 11) is 1.81. The first-order valence-electron chi connectivity index (χ1n) is 10.8. The summed E-state index contributed by atoms with van der Waals surface area (Å²) < 4.78 is 13.8. The molecule has 0 heterocycles. The van der Waals surface area contributed by atoms with Gasteiger partial charge in [0, 0.05) is 24.8 Å². The van der Waals surface area contributed by atoms with Gasteiger partial charge in [-0.15, -0.1) is 0 Å². The van der Waals surface area contributed by atoms with E-state index in [0.29, 0.717) is 18.7 Å². The van der Waals surface area contributed by atoms with E-state index in [9.17, 15) is 14.0 Å². The SMILES string of the molecule is CCCN(C)C(=O)Cc1ccc(N(Cc2ccc(C)cc2)C(=O)c2cccc(F)c2)cc1. The molecule has 3 aromatic rings. The van der Waals surface area contributed by atoms with E-state index in [1.54, 1.807) is 22.9 Å². The molecule has 0 aliphatic rings. The Bertz CT molecular complexity index is 1060. The van der Waals surface area contributed by atoms with E-state index in [2.05, 4.69) is 0 Å². The van der Waals surface area contributed by atoms with Crippen molar-refractivity contribution >= 4 is 17.5 Å². The first kappa shape index (κ1) is 23.2. The topological polar surface area (TPSA) is 40.6 Å². The van der Waals surface area contributed by atoms with Gasteiger partial charge in [-0.3, -0.25) is 9.59 Å². The van der Waals surface area contributed by atoms with Crippen molar-refractivity contribution in [1.82, 2.24) is 4.90 Å². The predicted octanol–water partition coefficient (Wildman–Crippen LogP) is 5.39. The van der Waals surface area contributed by atoms with Gasteiger partial charge in [0.25, 0.3) is 5.91 Å². The number of aryl methyl sites for hydroxylation is 1. The number of benzene rings is 3. The number of rotatable bonds is 8. The van der Waals surface area contributed by atoms with Crippen LogP contribution in [0.25, 0.3) is 0 Å². The number of hydrogen-bond acceptors (Lipinski definition) is 2. The number of anilines is 1. The lowest BCUT2D eigenvalue weighted by atomic mass is 10.1. The van der Waals surface area contributed by atoms with Gasteiger partial charge >= 0.3 is 0 Å². The van der Waals surface area contributed by atoms with E-state index in [4.69, 9.17) is 0 Å². The van der Waals surface area contributed by atoms with Gasteiger partial charge in [0.15, 0.2) is 0 Å². The Morgan fingerprint density at radius 3 is 2.19 bits per heavy atom. The minimum atomic E-state index is -0.448. The molecule has 0 saturated heterocycles. The molecule has 0 aliphatic carbocycles. The van der Waals surface area contributed by atoms with Gasteiger partial charge in [0.1, 0.15) is 5.82 Å². The van der Waals surface area contributed by atoms with Crippen molar-refractivity contribution in [2.24, 2.45) is 0 Å². The third-order valence-electron chi connectivity index (χ3n) is 5.37. The van der Waals surface area contributed by atoms with Crippen molar-refractivity contribution < 1.29 is 14.0 Å². The van der Waals surface area contributed by atoms with E-state index in [-0.39, 0.29) is 17.4 Å². The molecule has 0 fully saturated rings. The summed E-state index contributed by atoms with van der Waals surface area (Å²) in [5, 5.41) is 0. The van der Waals surface area contributed by atoms with Crippen molar-refractivity contribution in [1.29, 1.82) is 0 Å². The minimum absolute atomic E-state index is 0.0620. The highest BCUT2D eigenvalue weighted by Crippen LogP contribution is 2.22. The highest BCUT2D eigenvalue weighted by molar-refractivity contribution is 6.06. The maximum atomic E-state index is 13.8. The number of carbonyl (C=O) groups excluding carboxylic acids is 2. The smallest absolute Gasteiger partial charge is 0.258 e. The molecular weight excluding hydrogens is 403 g/mol. The third-order valence-corrected chi connectivity index (χ3v) is 5.37. The van der Waals surface area contributed by atoms with Crippen LogP contribution < -0.4 is 4.90 Å². The molecule has 0 radical (unpaired) electrons. The van der Waals surface area contributed by atoms with Crippen LogP contribution in [0.5, 0.6) is 0 Å². The Balaban J connectivity index is 1.86. The van der Waals surface area contributed by atoms with E-state index < -0.39 is 5.82 Å². The quantitative estimate of drug-likeness (QED) is 0.479. The second kappa shape index (κ2) is 10.7. The second-order valence-corrected chi connectivity index (χ2v) is 8.05. The largest absolute Gasteiger partial charge is 0.345 e. The van der Waals surface area contributed by atoms with E-state index in [1.165, 1.54) is 18.2 Å². The summed E-state index contributed by atoms with van der Waals surface area (Å²) in [4.78, 5) is 29.0. The van der Waals surface area contributed by atoms with Gasteiger partial charge in [-0.1, -0.05) is 55.0 Å². The Morgan fingerprint density at radius 1 is 0.906 bits per heavy atom. The number of likely N-dealkylation sites (N-methyl/N-ethyl adjacent to an activating group) is 1. The van der Waals surface area contributed by atoms with Gasteiger partial charge in [0.2, 0.25) is 5.91 Å². The summed E-state index contributed by atoms with van der Waals surface area (Å²) in [6.45, 7) is 5.13. The number of carbonyl (C=O) groups is 2. The summed E-state index contributed by atoms with van der Waals surface area (Å²) >= 11 is 0. The van der Waals surface area contributed by atoms with Crippen LogP contribution in [0.4, 0.5) is 10.1 Å². The lowest BCUT2D eigenvalue weighted by Gasteiger charge is -2.24. The summed E-state index contributed by atoms with van der Waals surface area (Å²) in [5.74, 6) is -0.667. The zero-order valence-electron chi connectivity index (χ0n) is 18.8. The molecule has 0 bridgehead atoms. The zero-order valence-corrected chi connectivity index (χ0v) is 18.8. The number of amides is 2. The molecule has 2 amide bonds. The standard InChI is InChI=1S/C27H29FN2O2/c1-4-16-29(3)26(31)17-21-12-14-25(15-13-21)30(19-22-10-8-20(2)9-11-22)27(32)23-6-5-7-24(28)18-23/h5-15,18H,4,16-17,19H2,1-3H3. The molecule has 32 heavy (non-hydrogen) atoms. The van der Waals surface area contributed by atoms with E-state index in [0.717, 1.165) is 29.7 Å². The van der Waals surface area contributed by atoms with Crippen molar-refractivity contribution in [3.63, 3.8) is 0 Å². The average molecular weight is 433 g/mol. The normalized spacial score (nSPS) is 10.6. The van der Waals surface area contributed by atoms with Gasteiger partial charge < -0.3 is 9.80 Å². The van der Waals surface area contributed by atoms with Crippen LogP contribution in [-0.4, -0.2) is 30.3 Å². The summed E-state index contributed by atoms with van der Waals surface area (Å²) in [5.41, 5.74) is 3.98. The second-order valence-electron chi connectivity index (χ2n) is 8.05. The van der Waals surface area contributed by atoms with Crippen LogP contribution >= 0.6 is 0 Å². The lowest BCUT2D eigenvalue weighted by molar-refractivity contribution is -0.129. The Kier molecular flexibility index (Phi) is 7.77. The molecule has 0 unspecified atom stereocenters. The fraction of sp³-hybridized carbons (Fsp3) is 0.259. The fourth-order valence-electron chi connectivity index (χ4n) is 3.50. The molecule has 4 nitrogen and oxygen atoms in total. The van der Waals surface area contributed by atoms with Crippen molar-refractivity contribution in [2.45, 2.75) is 33.2 Å². The van der Waals surface area contributed by atoms with Gasteiger partial charge in [-0.25, -0.2) is 4.39 Å². The molecule has 0 spiro atoms. The minimum Gasteiger partial charge on any atom is -0.345 e. The number of nitrogens with zero attached hydrogens (tertiary/aromatic N) is 2. The maximum Gasteiger partial charge on any atom is 0.258 e. The first-order valence-corrected chi connectivity index (χ1v) is 10.8. The Hall–Kier alpha value is -3.47. The highest BCUT2D eigenvalue weighted by Gasteiger charge is 2.19. The van der Waals surface area contributed by atoms with Crippen LogP contribution in [0.1, 0.15) is 40.4 Å². The predicted molar refractivity (Wildman–Crippen MR) is 126 cm³/mol. The van der Waals surface area contributed by atoms with Gasteiger partial charge in [0.05, 0.1) is 13.0 Å². The average Bonchev–Trinajstić information content (AvgIpc) is 2.79. The molecule has 166 valence electrons. The molecule has 0 aromatic heterocycles. The van der Waals surface area contributed by atoms with E-state index in [1.807, 2.05) is 62.4 Å². The Morgan fingerprint density at radius 2 is 1.56 bits per heavy atom. The van der Waals surface area contributed by atoms with Gasteiger partial charge in [-0.2, -0.15) is 0 Å². The van der Waals surface area contributed by atoms with E-state index >= 15 is 0 Å². The molecule has 0 aliphatic heterocycles. The molecule has 3 aromatic carbocycles. The van der Waals surface area contributed by atoms with Crippen LogP contribution in [-0.2, 0) is 17.8 Å². The summed E-state index contributed by atoms with van der Waals surface area (Å²) in [6.07, 6.45) is 1.23. The maximum absolute atomic E-state index is 13.8. The zero-order chi connectivity index (χ0) is 23.1. The fourth-order valence-corrected chi connectivity index (χ4v) is 3.50. The molecule has 0 saturated carbocycles. The molecule has 0 atom stereocenters.